The summed E-state index contributed by atoms with van der Waals surface area (Å²) < 4.78 is 0. The van der Waals surface area contributed by atoms with Crippen LogP contribution >= 0.6 is 0 Å². The van der Waals surface area contributed by atoms with Gasteiger partial charge in [0.15, 0.2) is 0 Å². The maximum atomic E-state index is 8.94. The second-order valence-electron chi connectivity index (χ2n) is 4.28. The summed E-state index contributed by atoms with van der Waals surface area (Å²) in [4.78, 5) is 2.37. The number of aliphatic hydroxyl groups is 1. The lowest BCUT2D eigenvalue weighted by Gasteiger charge is -2.31. The molecule has 0 radical (unpaired) electrons. The molecule has 0 aromatic heterocycles. The van der Waals surface area contributed by atoms with Gasteiger partial charge in [0.2, 0.25) is 0 Å². The molecule has 0 heterocycles. The number of nitrogens with zero attached hydrogens (tertiary/aromatic N) is 1. The van der Waals surface area contributed by atoms with E-state index in [9.17, 15) is 0 Å². The number of rotatable bonds is 4. The minimum absolute atomic E-state index is 0.254. The van der Waals surface area contributed by atoms with E-state index < -0.39 is 0 Å². The molecule has 1 fully saturated rings. The molecular formula is C10H22N2O. The highest BCUT2D eigenvalue weighted by molar-refractivity contribution is 4.86. The van der Waals surface area contributed by atoms with E-state index in [4.69, 9.17) is 10.8 Å². The minimum atomic E-state index is 0.254. The van der Waals surface area contributed by atoms with Crippen molar-refractivity contribution >= 4 is 0 Å². The van der Waals surface area contributed by atoms with Crippen LogP contribution in [0.5, 0.6) is 0 Å². The third kappa shape index (κ3) is 2.93. The predicted molar refractivity (Wildman–Crippen MR) is 54.5 cm³/mol. The Morgan fingerprint density at radius 3 is 2.54 bits per heavy atom. The van der Waals surface area contributed by atoms with Crippen molar-refractivity contribution in [1.29, 1.82) is 0 Å². The fourth-order valence-electron chi connectivity index (χ4n) is 2.27. The van der Waals surface area contributed by atoms with Gasteiger partial charge < -0.3 is 10.8 Å². The predicted octanol–water partition coefficient (Wildman–Crippen LogP) is 0.569. The van der Waals surface area contributed by atoms with Crippen LogP contribution in [0.4, 0.5) is 0 Å². The summed E-state index contributed by atoms with van der Waals surface area (Å²) in [6, 6.07) is 1.49. The zero-order valence-corrected chi connectivity index (χ0v) is 8.74. The smallest absolute Gasteiger partial charge is 0.0558 e. The van der Waals surface area contributed by atoms with Crippen molar-refractivity contribution in [2.75, 3.05) is 13.2 Å². The molecule has 78 valence electrons. The summed E-state index contributed by atoms with van der Waals surface area (Å²) in [5, 5.41) is 8.94. The van der Waals surface area contributed by atoms with Crippen molar-refractivity contribution in [1.82, 2.24) is 4.90 Å². The molecule has 13 heavy (non-hydrogen) atoms. The van der Waals surface area contributed by atoms with E-state index >= 15 is 0 Å². The Kier molecular flexibility index (Phi) is 4.16. The van der Waals surface area contributed by atoms with Crippen molar-refractivity contribution in [3.05, 3.63) is 0 Å². The lowest BCUT2D eigenvalue weighted by molar-refractivity contribution is 0.119. The van der Waals surface area contributed by atoms with Gasteiger partial charge in [-0.1, -0.05) is 0 Å². The minimum Gasteiger partial charge on any atom is -0.395 e. The molecule has 0 amide bonds. The Morgan fingerprint density at radius 2 is 2.15 bits per heavy atom. The van der Waals surface area contributed by atoms with Gasteiger partial charge in [0.05, 0.1) is 6.61 Å². The van der Waals surface area contributed by atoms with Crippen LogP contribution in [0.25, 0.3) is 0 Å². The van der Waals surface area contributed by atoms with Crippen LogP contribution in [0, 0.1) is 0 Å². The van der Waals surface area contributed by atoms with Crippen LogP contribution in [0.3, 0.4) is 0 Å². The van der Waals surface area contributed by atoms with Gasteiger partial charge in [-0.25, -0.2) is 0 Å². The molecule has 3 N–H and O–H groups in total. The van der Waals surface area contributed by atoms with E-state index in [0.717, 1.165) is 19.4 Å². The molecule has 0 aromatic carbocycles. The van der Waals surface area contributed by atoms with Crippen LogP contribution < -0.4 is 5.73 Å². The standard InChI is InChI=1S/C10H22N2O/c1-8(2)12(5-6-13)10-4-3-9(11)7-10/h8-10,13H,3-7,11H2,1-2H3. The molecule has 2 unspecified atom stereocenters. The molecule has 1 aliphatic carbocycles. The van der Waals surface area contributed by atoms with Crippen LogP contribution in [0.2, 0.25) is 0 Å². The SMILES string of the molecule is CC(C)N(CCO)C1CCC(N)C1. The summed E-state index contributed by atoms with van der Waals surface area (Å²) in [5.41, 5.74) is 5.87. The van der Waals surface area contributed by atoms with Gasteiger partial charge in [0, 0.05) is 24.7 Å². The first kappa shape index (κ1) is 11.0. The lowest BCUT2D eigenvalue weighted by Crippen LogP contribution is -2.41. The van der Waals surface area contributed by atoms with Crippen molar-refractivity contribution in [3.8, 4) is 0 Å². The first-order valence-corrected chi connectivity index (χ1v) is 5.27. The topological polar surface area (TPSA) is 49.5 Å². The quantitative estimate of drug-likeness (QED) is 0.675. The van der Waals surface area contributed by atoms with Gasteiger partial charge in [0.25, 0.3) is 0 Å². The lowest BCUT2D eigenvalue weighted by atomic mass is 10.1. The third-order valence-corrected chi connectivity index (χ3v) is 2.94. The largest absolute Gasteiger partial charge is 0.395 e. The summed E-state index contributed by atoms with van der Waals surface area (Å²) >= 11 is 0. The summed E-state index contributed by atoms with van der Waals surface area (Å²) in [7, 11) is 0. The van der Waals surface area contributed by atoms with Crippen molar-refractivity contribution < 1.29 is 5.11 Å². The molecule has 0 aliphatic heterocycles. The molecule has 3 nitrogen and oxygen atoms in total. The van der Waals surface area contributed by atoms with Crippen LogP contribution in [-0.2, 0) is 0 Å². The Hall–Kier alpha value is -0.120. The summed E-state index contributed by atoms with van der Waals surface area (Å²) in [6.45, 7) is 5.40. The van der Waals surface area contributed by atoms with Gasteiger partial charge >= 0.3 is 0 Å². The van der Waals surface area contributed by atoms with E-state index in [1.54, 1.807) is 0 Å². The van der Waals surface area contributed by atoms with E-state index in [2.05, 4.69) is 18.7 Å². The van der Waals surface area contributed by atoms with Gasteiger partial charge in [-0.15, -0.1) is 0 Å². The van der Waals surface area contributed by atoms with E-state index in [1.165, 1.54) is 6.42 Å². The third-order valence-electron chi connectivity index (χ3n) is 2.94. The highest BCUT2D eigenvalue weighted by atomic mass is 16.3. The molecule has 0 bridgehead atoms. The van der Waals surface area contributed by atoms with Crippen molar-refractivity contribution in [2.45, 2.75) is 51.2 Å². The van der Waals surface area contributed by atoms with Crippen molar-refractivity contribution in [3.63, 3.8) is 0 Å². The van der Waals surface area contributed by atoms with Gasteiger partial charge in [-0.05, 0) is 33.1 Å². The first-order chi connectivity index (χ1) is 6.15. The summed E-state index contributed by atoms with van der Waals surface area (Å²) in [5.74, 6) is 0. The number of hydrogen-bond acceptors (Lipinski definition) is 3. The van der Waals surface area contributed by atoms with E-state index in [1.807, 2.05) is 0 Å². The number of aliphatic hydroxyl groups excluding tert-OH is 1. The second-order valence-corrected chi connectivity index (χ2v) is 4.28. The molecule has 0 saturated heterocycles. The number of hydrogen-bond donors (Lipinski definition) is 2. The number of nitrogens with two attached hydrogens (primary N) is 1. The molecule has 2 atom stereocenters. The second kappa shape index (κ2) is 4.94. The average molecular weight is 186 g/mol. The van der Waals surface area contributed by atoms with Crippen LogP contribution in [0.15, 0.2) is 0 Å². The fraction of sp³-hybridized carbons (Fsp3) is 1.00. The zero-order chi connectivity index (χ0) is 9.84. The molecule has 0 spiro atoms. The van der Waals surface area contributed by atoms with Crippen LogP contribution in [0.1, 0.15) is 33.1 Å². The Morgan fingerprint density at radius 1 is 1.46 bits per heavy atom. The fourth-order valence-corrected chi connectivity index (χ4v) is 2.27. The average Bonchev–Trinajstić information content (AvgIpc) is 2.46. The highest BCUT2D eigenvalue weighted by Gasteiger charge is 2.28. The Balaban J connectivity index is 2.44. The molecular weight excluding hydrogens is 164 g/mol. The zero-order valence-electron chi connectivity index (χ0n) is 8.74. The highest BCUT2D eigenvalue weighted by Crippen LogP contribution is 2.24. The van der Waals surface area contributed by atoms with Gasteiger partial charge in [-0.2, -0.15) is 0 Å². The normalized spacial score (nSPS) is 29.1. The Bertz CT molecular complexity index is 150. The Labute approximate surface area is 80.9 Å². The van der Waals surface area contributed by atoms with Gasteiger partial charge in [-0.3, -0.25) is 4.90 Å². The maximum Gasteiger partial charge on any atom is 0.0558 e. The van der Waals surface area contributed by atoms with Gasteiger partial charge in [0.1, 0.15) is 0 Å². The molecule has 3 heteroatoms. The monoisotopic (exact) mass is 186 g/mol. The van der Waals surface area contributed by atoms with Crippen molar-refractivity contribution in [2.24, 2.45) is 5.73 Å². The maximum absolute atomic E-state index is 8.94. The van der Waals surface area contributed by atoms with E-state index in [0.29, 0.717) is 18.1 Å². The first-order valence-electron chi connectivity index (χ1n) is 5.27. The molecule has 0 aromatic rings. The van der Waals surface area contributed by atoms with E-state index in [-0.39, 0.29) is 6.61 Å². The molecule has 1 aliphatic rings. The summed E-state index contributed by atoms with van der Waals surface area (Å²) in [6.07, 6.45) is 3.43. The molecule has 1 rings (SSSR count). The van der Waals surface area contributed by atoms with Crippen LogP contribution in [-0.4, -0.2) is 41.3 Å². The molecule has 1 saturated carbocycles.